The third-order valence-corrected chi connectivity index (χ3v) is 20.2. The third-order valence-electron chi connectivity index (χ3n) is 19.5. The fraction of sp³-hybridized carbons (Fsp3) is 0.762. The quantitative estimate of drug-likeness (QED) is 0.133. The number of morpholine rings is 1. The van der Waals surface area contributed by atoms with Crippen LogP contribution in [0.1, 0.15) is 132 Å². The lowest BCUT2D eigenvalue weighted by Gasteiger charge is -2.49. The summed E-state index contributed by atoms with van der Waals surface area (Å²) in [5.41, 5.74) is -2.61. The second kappa shape index (κ2) is 29.3. The Morgan fingerprint density at radius 1 is 0.897 bits per heavy atom. The second-order valence-electron chi connectivity index (χ2n) is 25.4. The average Bonchev–Trinajstić information content (AvgIpc) is 1.71. The number of methoxy groups -OCH3 is 3. The smallest absolute Gasteiger partial charge is 0.410 e. The van der Waals surface area contributed by atoms with Gasteiger partial charge in [0.15, 0.2) is 29.7 Å². The largest absolute Gasteiger partial charge is 0.493 e. The maximum atomic E-state index is 15.3. The van der Waals surface area contributed by atoms with Gasteiger partial charge < -0.3 is 81.9 Å². The number of cyclic esters (lactones) is 1. The number of fused-ring (bicyclic) bond motifs is 1. The molecule has 24 heteroatoms. The minimum absolute atomic E-state index is 0.0498. The van der Waals surface area contributed by atoms with Gasteiger partial charge >= 0.3 is 18.1 Å². The standard InChI is InChI=1S/C63H95Cl2N5O17/c1-14-50-63(9)54(70(60(76)87-63)25-17-24-69(35-43-44(64)33-66-34-45(43)65)41-20-21-48(77-11)49(31-41)83-42-18-15-16-19-42)37(3)47(71)22-23-61(7,78-12)56(86-58-52(72)46(30-36(2)81-58)67(10)59(75)68-26-28-80-29-27-68)38(4)53(39(5)57(74)84-50)85-51-32-62(8,79-13)55(73)40(6)82-51/h20-21,31,33-34,36-40,42,46,50-56,58,72-73H,14-19,22-30,32,35H2,1-13H3/t36-,37+,38?,39-,40+,46+,50-,51+,52-,53+,54-,55+,56?,58?,61-,62-,63-/m1/s1. The van der Waals surface area contributed by atoms with E-state index >= 15 is 9.59 Å². The van der Waals surface area contributed by atoms with E-state index in [1.54, 1.807) is 77.9 Å². The van der Waals surface area contributed by atoms with E-state index in [1.807, 2.05) is 39.0 Å². The van der Waals surface area contributed by atoms with Crippen molar-refractivity contribution in [3.05, 3.63) is 46.2 Å². The lowest BCUT2D eigenvalue weighted by Crippen LogP contribution is -2.62. The Labute approximate surface area is 523 Å². The number of aromatic nitrogens is 1. The van der Waals surface area contributed by atoms with Crippen molar-refractivity contribution in [2.75, 3.05) is 72.7 Å². The van der Waals surface area contributed by atoms with Crippen LogP contribution in [0, 0.1) is 17.8 Å². The van der Waals surface area contributed by atoms with Crippen molar-refractivity contribution < 1.29 is 81.5 Å². The minimum Gasteiger partial charge on any atom is -0.493 e. The number of amides is 3. The van der Waals surface area contributed by atoms with Crippen LogP contribution in [0.5, 0.6) is 11.5 Å². The van der Waals surface area contributed by atoms with Crippen LogP contribution in [0.4, 0.5) is 15.3 Å². The molecule has 87 heavy (non-hydrogen) atoms. The van der Waals surface area contributed by atoms with Crippen molar-refractivity contribution in [3.63, 3.8) is 0 Å². The first-order chi connectivity index (χ1) is 41.3. The Kier molecular flexibility index (Phi) is 23.1. The highest BCUT2D eigenvalue weighted by Gasteiger charge is 2.60. The zero-order valence-corrected chi connectivity index (χ0v) is 54.6. The molecule has 1 aromatic carbocycles. The van der Waals surface area contributed by atoms with Crippen LogP contribution in [-0.2, 0) is 58.8 Å². The number of carbonyl (C=O) groups is 4. The van der Waals surface area contributed by atoms with Gasteiger partial charge in [-0.05, 0) is 105 Å². The van der Waals surface area contributed by atoms with Crippen molar-refractivity contribution in [2.45, 2.75) is 223 Å². The van der Waals surface area contributed by atoms with Gasteiger partial charge in [-0.2, -0.15) is 0 Å². The van der Waals surface area contributed by atoms with Crippen molar-refractivity contribution in [1.82, 2.24) is 19.7 Å². The van der Waals surface area contributed by atoms with Gasteiger partial charge in [0, 0.05) is 108 Å². The van der Waals surface area contributed by atoms with Gasteiger partial charge in [-0.25, -0.2) is 9.59 Å². The fourth-order valence-electron chi connectivity index (χ4n) is 14.0. The molecule has 488 valence electrons. The van der Waals surface area contributed by atoms with Gasteiger partial charge in [0.05, 0.1) is 90.1 Å². The third kappa shape index (κ3) is 15.0. The van der Waals surface area contributed by atoms with Crippen molar-refractivity contribution in [2.24, 2.45) is 17.8 Å². The Hall–Kier alpha value is -4.33. The van der Waals surface area contributed by atoms with Crippen LogP contribution >= 0.6 is 23.2 Å². The zero-order valence-electron chi connectivity index (χ0n) is 53.1. The lowest BCUT2D eigenvalue weighted by molar-refractivity contribution is -0.318. The highest BCUT2D eigenvalue weighted by Crippen LogP contribution is 2.45. The summed E-state index contributed by atoms with van der Waals surface area (Å²) < 4.78 is 70.1. The van der Waals surface area contributed by atoms with E-state index in [1.165, 1.54) is 19.1 Å². The van der Waals surface area contributed by atoms with E-state index in [2.05, 4.69) is 9.88 Å². The summed E-state index contributed by atoms with van der Waals surface area (Å²) in [5, 5.41) is 24.4. The number of pyridine rings is 1. The van der Waals surface area contributed by atoms with Crippen LogP contribution in [0.2, 0.25) is 10.0 Å². The van der Waals surface area contributed by atoms with E-state index in [0.29, 0.717) is 72.8 Å². The Morgan fingerprint density at radius 3 is 2.22 bits per heavy atom. The maximum absolute atomic E-state index is 15.3. The molecule has 0 bridgehead atoms. The van der Waals surface area contributed by atoms with Crippen LogP contribution < -0.4 is 14.4 Å². The molecule has 3 unspecified atom stereocenters. The number of ketones is 1. The van der Waals surface area contributed by atoms with Crippen LogP contribution in [0.25, 0.3) is 0 Å². The molecular formula is C63H95Cl2N5O17. The van der Waals surface area contributed by atoms with Crippen molar-refractivity contribution >= 4 is 52.8 Å². The van der Waals surface area contributed by atoms with Gasteiger partial charge in [-0.1, -0.05) is 44.0 Å². The molecule has 5 saturated heterocycles. The van der Waals surface area contributed by atoms with Gasteiger partial charge in [-0.3, -0.25) is 14.6 Å². The number of benzene rings is 1. The van der Waals surface area contributed by atoms with E-state index in [-0.39, 0.29) is 56.7 Å². The molecule has 5 aliphatic heterocycles. The van der Waals surface area contributed by atoms with E-state index in [4.69, 9.17) is 75.3 Å². The van der Waals surface area contributed by atoms with Gasteiger partial charge in [-0.15, -0.1) is 0 Å². The lowest BCUT2D eigenvalue weighted by atomic mass is 9.75. The van der Waals surface area contributed by atoms with Gasteiger partial charge in [0.1, 0.15) is 24.1 Å². The number of aliphatic hydroxyl groups is 2. The molecule has 3 amide bonds. The number of anilines is 1. The summed E-state index contributed by atoms with van der Waals surface area (Å²) in [6.07, 6.45) is -1.93. The first-order valence-corrected chi connectivity index (χ1v) is 31.8. The number of hydrogen-bond acceptors (Lipinski definition) is 19. The monoisotopic (exact) mass is 1260 g/mol. The number of halogens is 2. The summed E-state index contributed by atoms with van der Waals surface area (Å²) in [5.74, 6) is -2.57. The topological polar surface area (TPSA) is 236 Å². The maximum Gasteiger partial charge on any atom is 0.410 e. The minimum atomic E-state index is -1.55. The summed E-state index contributed by atoms with van der Waals surface area (Å²) in [6, 6.07) is 3.79. The second-order valence-corrected chi connectivity index (χ2v) is 26.2. The Bertz CT molecular complexity index is 2650. The van der Waals surface area contributed by atoms with Crippen LogP contribution in [0.15, 0.2) is 30.6 Å². The molecule has 22 nitrogen and oxygen atoms in total. The predicted molar refractivity (Wildman–Crippen MR) is 323 cm³/mol. The number of rotatable bonds is 18. The first kappa shape index (κ1) is 68.6. The number of esters is 1. The average molecular weight is 1270 g/mol. The molecule has 1 aromatic heterocycles. The molecular weight excluding hydrogens is 1170 g/mol. The molecule has 1 aliphatic carbocycles. The van der Waals surface area contributed by atoms with Gasteiger partial charge in [0.2, 0.25) is 0 Å². The van der Waals surface area contributed by atoms with Gasteiger partial charge in [0.25, 0.3) is 0 Å². The van der Waals surface area contributed by atoms with E-state index < -0.39 is 114 Å². The molecule has 0 radical (unpaired) electrons. The SMILES string of the molecule is CC[C@H]1OC(=O)[C@H](C)[C@@H](O[C@H]2C[C@@](C)(OC)[C@@H](O)[C@H](C)O2)C(C)C(OC2O[C@H](C)C[C@H](N(C)C(=O)N3CCOCC3)[C@H]2O)[C@](C)(OC)CCC(=O)[C@H](C)[C@H]2N(CCCN(Cc3c(Cl)cncc3Cl)c3ccc(OC)c(OC4CCCC4)c3)C(=O)O[C@]12C. The van der Waals surface area contributed by atoms with E-state index in [0.717, 1.165) is 31.4 Å². The normalized spacial score (nSPS) is 35.7. The Balaban J connectivity index is 1.13. The molecule has 2 N–H and O–H groups in total. The number of nitrogens with zero attached hydrogens (tertiary/aromatic N) is 5. The summed E-state index contributed by atoms with van der Waals surface area (Å²) in [4.78, 5) is 70.3. The number of hydrogen-bond donors (Lipinski definition) is 2. The summed E-state index contributed by atoms with van der Waals surface area (Å²) in [6.45, 7) is 18.3. The van der Waals surface area contributed by atoms with Crippen molar-refractivity contribution in [3.8, 4) is 11.5 Å². The molecule has 2 aromatic rings. The molecule has 6 heterocycles. The summed E-state index contributed by atoms with van der Waals surface area (Å²) >= 11 is 13.5. The number of likely N-dealkylation sites (N-methyl/N-ethyl adjacent to an activating group) is 1. The van der Waals surface area contributed by atoms with E-state index in [9.17, 15) is 19.8 Å². The summed E-state index contributed by atoms with van der Waals surface area (Å²) in [7, 11) is 6.27. The molecule has 8 rings (SSSR count). The van der Waals surface area contributed by atoms with Crippen LogP contribution in [0.3, 0.4) is 0 Å². The highest BCUT2D eigenvalue weighted by molar-refractivity contribution is 6.35. The predicted octanol–water partition coefficient (Wildman–Crippen LogP) is 8.61. The fourth-order valence-corrected chi connectivity index (χ4v) is 14.5. The number of carbonyl (C=O) groups excluding carboxylic acids is 4. The molecule has 6 aliphatic rings. The number of ether oxygens (including phenoxy) is 11. The number of aliphatic hydroxyl groups excluding tert-OH is 2. The molecule has 17 atom stereocenters. The molecule has 0 spiro atoms. The first-order valence-electron chi connectivity index (χ1n) is 31.1. The highest BCUT2D eigenvalue weighted by atomic mass is 35.5. The van der Waals surface area contributed by atoms with Crippen molar-refractivity contribution in [1.29, 1.82) is 0 Å². The zero-order chi connectivity index (χ0) is 63.3. The molecule has 6 fully saturated rings. The Morgan fingerprint density at radius 2 is 1.57 bits per heavy atom. The number of Topliss-reactive ketones (excluding diaryl/α,β-unsaturated/α-hetero) is 1. The van der Waals surface area contributed by atoms with Crippen LogP contribution in [-0.4, -0.2) is 212 Å². The molecule has 1 saturated carbocycles. The number of urea groups is 1.